The van der Waals surface area contributed by atoms with Crippen molar-refractivity contribution >= 4 is 40.3 Å². The van der Waals surface area contributed by atoms with E-state index in [1.165, 1.54) is 0 Å². The summed E-state index contributed by atoms with van der Waals surface area (Å²) in [6.45, 7) is 3.88. The molecule has 97 valence electrons. The van der Waals surface area contributed by atoms with Gasteiger partial charge in [0.25, 0.3) is 0 Å². The van der Waals surface area contributed by atoms with E-state index in [-0.39, 0.29) is 0 Å². The third-order valence-electron chi connectivity index (χ3n) is 2.34. The molecule has 0 saturated carbocycles. The van der Waals surface area contributed by atoms with Crippen LogP contribution in [0.3, 0.4) is 0 Å². The lowest BCUT2D eigenvalue weighted by molar-refractivity contribution is 0.603. The SMILES string of the molecule is [CH2]c1ccc(N(C(=S)N(C)C)C(=S)N(C)C)cc1. The van der Waals surface area contributed by atoms with Crippen LogP contribution in [0.25, 0.3) is 0 Å². The molecule has 0 heterocycles. The Balaban J connectivity index is 3.16. The molecule has 18 heavy (non-hydrogen) atoms. The van der Waals surface area contributed by atoms with Crippen LogP contribution in [-0.4, -0.2) is 48.2 Å². The Bertz CT molecular complexity index is 418. The van der Waals surface area contributed by atoms with E-state index >= 15 is 0 Å². The third-order valence-corrected chi connectivity index (χ3v) is 3.44. The predicted molar refractivity (Wildman–Crippen MR) is 86.0 cm³/mol. The van der Waals surface area contributed by atoms with Gasteiger partial charge in [0.15, 0.2) is 10.2 Å². The molecule has 5 heteroatoms. The normalized spacial score (nSPS) is 9.83. The van der Waals surface area contributed by atoms with Crippen molar-refractivity contribution in [2.75, 3.05) is 33.1 Å². The number of thiocarbonyl (C=S) groups is 2. The molecule has 0 aliphatic rings. The molecule has 0 N–H and O–H groups in total. The fraction of sp³-hybridized carbons (Fsp3) is 0.308. The van der Waals surface area contributed by atoms with Gasteiger partial charge in [0.2, 0.25) is 0 Å². The summed E-state index contributed by atoms with van der Waals surface area (Å²) in [7, 11) is 7.62. The van der Waals surface area contributed by atoms with Crippen LogP contribution in [0, 0.1) is 6.92 Å². The van der Waals surface area contributed by atoms with E-state index < -0.39 is 0 Å². The van der Waals surface area contributed by atoms with Gasteiger partial charge < -0.3 is 9.80 Å². The van der Waals surface area contributed by atoms with Crippen molar-refractivity contribution in [3.63, 3.8) is 0 Å². The van der Waals surface area contributed by atoms with E-state index in [4.69, 9.17) is 24.4 Å². The van der Waals surface area contributed by atoms with Crippen molar-refractivity contribution < 1.29 is 0 Å². The molecule has 0 aromatic heterocycles. The average molecular weight is 280 g/mol. The quantitative estimate of drug-likeness (QED) is 0.729. The molecule has 1 rings (SSSR count). The molecule has 0 spiro atoms. The Morgan fingerprint density at radius 1 is 0.889 bits per heavy atom. The van der Waals surface area contributed by atoms with Gasteiger partial charge in [0, 0.05) is 28.2 Å². The van der Waals surface area contributed by atoms with Gasteiger partial charge in [-0.05, 0) is 49.1 Å². The molecular formula is C13H18N3S2. The molecule has 0 bridgehead atoms. The Kier molecular flexibility index (Phi) is 5.04. The molecule has 3 nitrogen and oxygen atoms in total. The summed E-state index contributed by atoms with van der Waals surface area (Å²) in [6.07, 6.45) is 0. The summed E-state index contributed by atoms with van der Waals surface area (Å²) >= 11 is 10.9. The van der Waals surface area contributed by atoms with Crippen LogP contribution >= 0.6 is 24.4 Å². The monoisotopic (exact) mass is 280 g/mol. The number of anilines is 1. The van der Waals surface area contributed by atoms with E-state index in [9.17, 15) is 0 Å². The first-order chi connectivity index (χ1) is 8.34. The lowest BCUT2D eigenvalue weighted by Gasteiger charge is -2.32. The minimum atomic E-state index is 0.658. The smallest absolute Gasteiger partial charge is 0.182 e. The second-order valence-electron chi connectivity index (χ2n) is 4.36. The molecule has 0 saturated heterocycles. The molecule has 0 atom stereocenters. The van der Waals surface area contributed by atoms with Gasteiger partial charge in [-0.3, -0.25) is 4.90 Å². The highest BCUT2D eigenvalue weighted by Gasteiger charge is 2.19. The minimum absolute atomic E-state index is 0.658. The zero-order valence-electron chi connectivity index (χ0n) is 11.2. The average Bonchev–Trinajstić information content (AvgIpc) is 2.31. The Morgan fingerprint density at radius 2 is 1.28 bits per heavy atom. The molecule has 1 aromatic carbocycles. The van der Waals surface area contributed by atoms with Gasteiger partial charge in [0.1, 0.15) is 0 Å². The van der Waals surface area contributed by atoms with Crippen LogP contribution in [0.5, 0.6) is 0 Å². The maximum atomic E-state index is 5.43. The number of hydrogen-bond donors (Lipinski definition) is 0. The van der Waals surface area contributed by atoms with Crippen LogP contribution in [0.2, 0.25) is 0 Å². The van der Waals surface area contributed by atoms with Crippen LogP contribution in [-0.2, 0) is 0 Å². The highest BCUT2D eigenvalue weighted by molar-refractivity contribution is 7.82. The van der Waals surface area contributed by atoms with Gasteiger partial charge in [-0.1, -0.05) is 12.1 Å². The van der Waals surface area contributed by atoms with Gasteiger partial charge in [-0.15, -0.1) is 0 Å². The molecule has 0 unspecified atom stereocenters. The first kappa shape index (κ1) is 14.9. The highest BCUT2D eigenvalue weighted by atomic mass is 32.1. The Morgan fingerprint density at radius 3 is 1.61 bits per heavy atom. The molecule has 1 radical (unpaired) electrons. The lowest BCUT2D eigenvalue weighted by atomic mass is 10.2. The molecule has 0 amide bonds. The van der Waals surface area contributed by atoms with Gasteiger partial charge in [0.05, 0.1) is 5.69 Å². The van der Waals surface area contributed by atoms with E-state index in [0.717, 1.165) is 11.3 Å². The Hall–Kier alpha value is -1.20. The van der Waals surface area contributed by atoms with E-state index in [1.807, 2.05) is 67.2 Å². The van der Waals surface area contributed by atoms with Crippen molar-refractivity contribution in [1.82, 2.24) is 9.80 Å². The van der Waals surface area contributed by atoms with Crippen molar-refractivity contribution in [1.29, 1.82) is 0 Å². The van der Waals surface area contributed by atoms with Crippen LogP contribution in [0.1, 0.15) is 5.56 Å². The zero-order chi connectivity index (χ0) is 13.9. The van der Waals surface area contributed by atoms with Gasteiger partial charge in [-0.2, -0.15) is 0 Å². The fourth-order valence-corrected chi connectivity index (χ4v) is 1.79. The molecule has 0 fully saturated rings. The molecular weight excluding hydrogens is 262 g/mol. The predicted octanol–water partition coefficient (Wildman–Crippen LogP) is 2.37. The van der Waals surface area contributed by atoms with E-state index in [2.05, 4.69) is 6.92 Å². The fourth-order valence-electron chi connectivity index (χ4n) is 1.35. The lowest BCUT2D eigenvalue weighted by Crippen LogP contribution is -2.47. The van der Waals surface area contributed by atoms with Crippen LogP contribution < -0.4 is 4.90 Å². The highest BCUT2D eigenvalue weighted by Crippen LogP contribution is 2.18. The summed E-state index contributed by atoms with van der Waals surface area (Å²) in [5.74, 6) is 0. The topological polar surface area (TPSA) is 9.72 Å². The van der Waals surface area contributed by atoms with E-state index in [1.54, 1.807) is 0 Å². The van der Waals surface area contributed by atoms with Crippen molar-refractivity contribution in [2.45, 2.75) is 0 Å². The number of nitrogens with zero attached hydrogens (tertiary/aromatic N) is 3. The van der Waals surface area contributed by atoms with Crippen molar-refractivity contribution in [2.24, 2.45) is 0 Å². The molecule has 0 aliphatic carbocycles. The first-order valence-electron chi connectivity index (χ1n) is 5.49. The number of hydrogen-bond acceptors (Lipinski definition) is 2. The van der Waals surface area contributed by atoms with Crippen molar-refractivity contribution in [3.8, 4) is 0 Å². The third kappa shape index (κ3) is 3.40. The van der Waals surface area contributed by atoms with Crippen LogP contribution in [0.15, 0.2) is 24.3 Å². The maximum absolute atomic E-state index is 5.43. The summed E-state index contributed by atoms with van der Waals surface area (Å²) in [5.41, 5.74) is 1.91. The minimum Gasteiger partial charge on any atom is -0.355 e. The summed E-state index contributed by atoms with van der Waals surface area (Å²) in [5, 5.41) is 1.32. The Labute approximate surface area is 120 Å². The van der Waals surface area contributed by atoms with Crippen LogP contribution in [0.4, 0.5) is 5.69 Å². The first-order valence-corrected chi connectivity index (χ1v) is 6.31. The number of rotatable bonds is 1. The van der Waals surface area contributed by atoms with Crippen molar-refractivity contribution in [3.05, 3.63) is 36.8 Å². The molecule has 0 aliphatic heterocycles. The summed E-state index contributed by atoms with van der Waals surface area (Å²) < 4.78 is 0. The largest absolute Gasteiger partial charge is 0.355 e. The number of benzene rings is 1. The zero-order valence-corrected chi connectivity index (χ0v) is 12.8. The standard InChI is InChI=1S/C13H18N3S2/c1-10-6-8-11(9-7-10)16(12(17)14(2)3)13(18)15(4)5/h6-9H,1H2,2-5H3. The van der Waals surface area contributed by atoms with Gasteiger partial charge >= 0.3 is 0 Å². The summed E-state index contributed by atoms with van der Waals surface area (Å²) in [4.78, 5) is 5.59. The van der Waals surface area contributed by atoms with Gasteiger partial charge in [-0.25, -0.2) is 0 Å². The summed E-state index contributed by atoms with van der Waals surface area (Å²) in [6, 6.07) is 7.82. The second kappa shape index (κ2) is 6.11. The maximum Gasteiger partial charge on any atom is 0.182 e. The van der Waals surface area contributed by atoms with E-state index in [0.29, 0.717) is 10.2 Å². The second-order valence-corrected chi connectivity index (χ2v) is 5.09. The molecule has 1 aromatic rings.